The molecular weight excluding hydrogens is 260 g/mol. The van der Waals surface area contributed by atoms with Crippen LogP contribution in [-0.2, 0) is 4.79 Å². The van der Waals surface area contributed by atoms with Crippen molar-refractivity contribution in [1.82, 2.24) is 0 Å². The number of aliphatic hydroxyl groups excluding tert-OH is 1. The number of carbonyl (C=O) groups excluding carboxylic acids is 1. The van der Waals surface area contributed by atoms with Crippen LogP contribution in [0.1, 0.15) is 18.4 Å². The Hall–Kier alpha value is -0.870. The van der Waals surface area contributed by atoms with Gasteiger partial charge in [-0.05, 0) is 30.7 Å². The predicted molar refractivity (Wildman–Crippen MR) is 60.6 cm³/mol. The highest BCUT2D eigenvalue weighted by atomic mass is 79.9. The molecule has 1 unspecified atom stereocenters. The second-order valence-corrected chi connectivity index (χ2v) is 4.11. The van der Waals surface area contributed by atoms with Crippen LogP contribution >= 0.6 is 15.9 Å². The number of carbonyl (C=O) groups is 1. The molecule has 81 valence electrons. The van der Waals surface area contributed by atoms with Crippen LogP contribution in [-0.4, -0.2) is 17.7 Å². The smallest absolute Gasteiger partial charge is 0.308 e. The molecular formula is C11H12BrO3. The van der Waals surface area contributed by atoms with Crippen molar-refractivity contribution >= 4 is 21.9 Å². The Morgan fingerprint density at radius 1 is 1.60 bits per heavy atom. The van der Waals surface area contributed by atoms with Crippen LogP contribution < -0.4 is 4.74 Å². The number of rotatable bonds is 3. The summed E-state index contributed by atoms with van der Waals surface area (Å²) >= 11 is 3.30. The van der Waals surface area contributed by atoms with Crippen molar-refractivity contribution in [3.63, 3.8) is 0 Å². The van der Waals surface area contributed by atoms with E-state index in [0.717, 1.165) is 10.0 Å². The lowest BCUT2D eigenvalue weighted by atomic mass is 10.0. The highest BCUT2D eigenvalue weighted by Crippen LogP contribution is 2.26. The molecule has 0 heterocycles. The number of ether oxygens (including phenoxy) is 1. The zero-order valence-corrected chi connectivity index (χ0v) is 9.95. The fourth-order valence-electron chi connectivity index (χ4n) is 1.15. The van der Waals surface area contributed by atoms with Gasteiger partial charge in [0.2, 0.25) is 0 Å². The van der Waals surface area contributed by atoms with Crippen LogP contribution in [0, 0.1) is 6.92 Å². The van der Waals surface area contributed by atoms with Gasteiger partial charge in [-0.1, -0.05) is 15.9 Å². The monoisotopic (exact) mass is 271 g/mol. The maximum absolute atomic E-state index is 10.8. The van der Waals surface area contributed by atoms with Crippen LogP contribution in [0.25, 0.3) is 0 Å². The van der Waals surface area contributed by atoms with Crippen molar-refractivity contribution in [3.8, 4) is 5.75 Å². The van der Waals surface area contributed by atoms with Gasteiger partial charge >= 0.3 is 5.97 Å². The summed E-state index contributed by atoms with van der Waals surface area (Å²) in [5.74, 6) is -0.144. The van der Waals surface area contributed by atoms with E-state index >= 15 is 0 Å². The molecule has 0 amide bonds. The average molecular weight is 272 g/mol. The number of esters is 1. The van der Waals surface area contributed by atoms with Crippen LogP contribution in [0.2, 0.25) is 0 Å². The highest BCUT2D eigenvalue weighted by molar-refractivity contribution is 9.10. The Bertz CT molecular complexity index is 363. The third-order valence-corrected chi connectivity index (χ3v) is 2.30. The Labute approximate surface area is 97.2 Å². The SMILES string of the molecule is [CH2]C(CO)c1cc(Br)cc(OC(C)=O)c1. The third-order valence-electron chi connectivity index (χ3n) is 1.85. The van der Waals surface area contributed by atoms with Crippen molar-refractivity contribution in [1.29, 1.82) is 0 Å². The molecule has 4 heteroatoms. The molecule has 0 aliphatic heterocycles. The topological polar surface area (TPSA) is 46.5 Å². The van der Waals surface area contributed by atoms with Gasteiger partial charge in [0, 0.05) is 23.9 Å². The molecule has 1 aromatic carbocycles. The predicted octanol–water partition coefficient (Wildman–Crippen LogP) is 2.28. The Morgan fingerprint density at radius 2 is 2.27 bits per heavy atom. The molecule has 0 aliphatic rings. The van der Waals surface area contributed by atoms with Gasteiger partial charge in [0.15, 0.2) is 0 Å². The molecule has 1 N–H and O–H groups in total. The molecule has 15 heavy (non-hydrogen) atoms. The van der Waals surface area contributed by atoms with Gasteiger partial charge in [-0.2, -0.15) is 0 Å². The van der Waals surface area contributed by atoms with Crippen molar-refractivity contribution in [3.05, 3.63) is 35.2 Å². The summed E-state index contributed by atoms with van der Waals surface area (Å²) in [4.78, 5) is 10.8. The van der Waals surface area contributed by atoms with E-state index in [1.807, 2.05) is 6.07 Å². The summed E-state index contributed by atoms with van der Waals surface area (Å²) < 4.78 is 5.74. The average Bonchev–Trinajstić information content (AvgIpc) is 2.14. The maximum Gasteiger partial charge on any atom is 0.308 e. The zero-order valence-electron chi connectivity index (χ0n) is 8.37. The van der Waals surface area contributed by atoms with E-state index in [9.17, 15) is 4.79 Å². The molecule has 0 saturated heterocycles. The number of halogens is 1. The molecule has 0 aromatic heterocycles. The molecule has 0 spiro atoms. The molecule has 1 atom stereocenters. The lowest BCUT2D eigenvalue weighted by Gasteiger charge is -2.10. The van der Waals surface area contributed by atoms with Crippen molar-refractivity contribution < 1.29 is 14.6 Å². The molecule has 0 fully saturated rings. The van der Waals surface area contributed by atoms with Crippen LogP contribution in [0.3, 0.4) is 0 Å². The minimum absolute atomic E-state index is 0.0457. The summed E-state index contributed by atoms with van der Waals surface area (Å²) in [5.41, 5.74) is 0.822. The largest absolute Gasteiger partial charge is 0.427 e. The van der Waals surface area contributed by atoms with Crippen molar-refractivity contribution in [2.75, 3.05) is 6.61 Å². The first kappa shape index (κ1) is 12.2. The first-order valence-electron chi connectivity index (χ1n) is 4.45. The van der Waals surface area contributed by atoms with E-state index in [4.69, 9.17) is 9.84 Å². The van der Waals surface area contributed by atoms with E-state index in [-0.39, 0.29) is 18.5 Å². The molecule has 0 bridgehead atoms. The maximum atomic E-state index is 10.8. The molecule has 1 radical (unpaired) electrons. The summed E-state index contributed by atoms with van der Waals surface area (Å²) in [7, 11) is 0. The lowest BCUT2D eigenvalue weighted by molar-refractivity contribution is -0.131. The van der Waals surface area contributed by atoms with Gasteiger partial charge in [0.25, 0.3) is 0 Å². The fourth-order valence-corrected chi connectivity index (χ4v) is 1.64. The third kappa shape index (κ3) is 3.64. The molecule has 1 rings (SSSR count). The van der Waals surface area contributed by atoms with Gasteiger partial charge < -0.3 is 9.84 Å². The van der Waals surface area contributed by atoms with Crippen molar-refractivity contribution in [2.45, 2.75) is 12.8 Å². The number of hydrogen-bond acceptors (Lipinski definition) is 3. The van der Waals surface area contributed by atoms with E-state index in [0.29, 0.717) is 5.75 Å². The van der Waals surface area contributed by atoms with E-state index in [1.165, 1.54) is 6.92 Å². The minimum Gasteiger partial charge on any atom is -0.427 e. The fraction of sp³-hybridized carbons (Fsp3) is 0.273. The minimum atomic E-state index is -0.372. The van der Waals surface area contributed by atoms with Gasteiger partial charge in [-0.15, -0.1) is 0 Å². The Kier molecular flexibility index (Phi) is 4.29. The number of hydrogen-bond donors (Lipinski definition) is 1. The van der Waals surface area contributed by atoms with E-state index in [2.05, 4.69) is 22.9 Å². The van der Waals surface area contributed by atoms with Crippen LogP contribution in [0.15, 0.2) is 22.7 Å². The Morgan fingerprint density at radius 3 is 2.80 bits per heavy atom. The van der Waals surface area contributed by atoms with Crippen LogP contribution in [0.5, 0.6) is 5.75 Å². The van der Waals surface area contributed by atoms with Crippen molar-refractivity contribution in [2.24, 2.45) is 0 Å². The summed E-state index contributed by atoms with van der Waals surface area (Å²) in [6.07, 6.45) is 0. The van der Waals surface area contributed by atoms with Gasteiger partial charge in [0.1, 0.15) is 5.75 Å². The molecule has 0 saturated carbocycles. The first-order valence-corrected chi connectivity index (χ1v) is 5.25. The quantitative estimate of drug-likeness (QED) is 0.678. The second kappa shape index (κ2) is 5.28. The summed E-state index contributed by atoms with van der Waals surface area (Å²) in [6, 6.07) is 5.22. The standard InChI is InChI=1S/C11H12BrO3/c1-7(6-13)9-3-10(12)5-11(4-9)15-8(2)14/h3-5,7,13H,1,6H2,2H3. The first-order chi connectivity index (χ1) is 7.02. The number of benzene rings is 1. The second-order valence-electron chi connectivity index (χ2n) is 3.19. The summed E-state index contributed by atoms with van der Waals surface area (Å²) in [6.45, 7) is 5.07. The van der Waals surface area contributed by atoms with Crippen LogP contribution in [0.4, 0.5) is 0 Å². The number of aliphatic hydroxyl groups is 1. The van der Waals surface area contributed by atoms with Gasteiger partial charge in [-0.3, -0.25) is 4.79 Å². The molecule has 1 aromatic rings. The molecule has 3 nitrogen and oxygen atoms in total. The Balaban J connectivity index is 2.99. The zero-order chi connectivity index (χ0) is 11.4. The highest BCUT2D eigenvalue weighted by Gasteiger charge is 2.08. The van der Waals surface area contributed by atoms with E-state index in [1.54, 1.807) is 12.1 Å². The normalized spacial score (nSPS) is 12.3. The lowest BCUT2D eigenvalue weighted by Crippen LogP contribution is -2.04. The molecule has 0 aliphatic carbocycles. The van der Waals surface area contributed by atoms with E-state index < -0.39 is 0 Å². The van der Waals surface area contributed by atoms with Gasteiger partial charge in [-0.25, -0.2) is 0 Å². The summed E-state index contributed by atoms with van der Waals surface area (Å²) in [5, 5.41) is 8.97. The van der Waals surface area contributed by atoms with Gasteiger partial charge in [0.05, 0.1) is 0 Å².